The molecular weight excluding hydrogens is 540 g/mol. The van der Waals surface area contributed by atoms with Gasteiger partial charge in [-0.05, 0) is 37.3 Å². The first-order valence-electron chi connectivity index (χ1n) is 9.20. The maximum Gasteiger partial charge on any atom is 0.493 e. The highest BCUT2D eigenvalue weighted by Crippen LogP contribution is 2.37. The van der Waals surface area contributed by atoms with Crippen molar-refractivity contribution in [3.63, 3.8) is 0 Å². The Kier molecular flexibility index (Phi) is 7.33. The third-order valence-electron chi connectivity index (χ3n) is 4.12. The van der Waals surface area contributed by atoms with Crippen molar-refractivity contribution in [3.05, 3.63) is 53.2 Å². The van der Waals surface area contributed by atoms with Gasteiger partial charge in [-0.15, -0.1) is 5.06 Å². The zero-order valence-electron chi connectivity index (χ0n) is 17.6. The van der Waals surface area contributed by atoms with E-state index >= 15 is 0 Å². The predicted molar refractivity (Wildman–Crippen MR) is 118 cm³/mol. The number of pyridine rings is 1. The summed E-state index contributed by atoms with van der Waals surface area (Å²) in [5, 5.41) is -0.518. The van der Waals surface area contributed by atoms with E-state index in [1.54, 1.807) is 0 Å². The van der Waals surface area contributed by atoms with E-state index in [1.165, 1.54) is 19.2 Å². The van der Waals surface area contributed by atoms with Gasteiger partial charge in [0.05, 0.1) is 21.2 Å². The number of nitrogens with zero attached hydrogens (tertiary/aromatic N) is 3. The molecule has 0 bridgehead atoms. The van der Waals surface area contributed by atoms with Gasteiger partial charge in [0, 0.05) is 18.7 Å². The Morgan fingerprint density at radius 1 is 1.20 bits per heavy atom. The number of carbonyl (C=O) groups is 2. The molecule has 0 saturated carbocycles. The Balaban J connectivity index is 1.95. The lowest BCUT2D eigenvalue weighted by Gasteiger charge is -2.16. The molecule has 9 nitrogen and oxygen atoms in total. The molecule has 1 aromatic carbocycles. The standard InChI is InChI=1S/C19H13ClF4N4O5S2/c1-9-15(34-18(26-9)28(10(2)29)33-17(30)19(22,23)24)11-7-14(16(20)25-8-11)27-35(31,32)13-5-3-12(21)4-6-13/h3-8,27H,1-2H3. The summed E-state index contributed by atoms with van der Waals surface area (Å²) in [6.45, 7) is 2.32. The lowest BCUT2D eigenvalue weighted by atomic mass is 10.2. The number of thiazole rings is 1. The van der Waals surface area contributed by atoms with Crippen LogP contribution in [-0.4, -0.2) is 36.4 Å². The van der Waals surface area contributed by atoms with Gasteiger partial charge in [-0.1, -0.05) is 22.9 Å². The molecule has 0 spiro atoms. The first-order chi connectivity index (χ1) is 16.2. The Bertz CT molecular complexity index is 1400. The van der Waals surface area contributed by atoms with Crippen LogP contribution in [0.3, 0.4) is 0 Å². The van der Waals surface area contributed by atoms with Crippen LogP contribution in [0, 0.1) is 12.7 Å². The first-order valence-corrected chi connectivity index (χ1v) is 11.9. The number of aromatic nitrogens is 2. The van der Waals surface area contributed by atoms with Crippen molar-refractivity contribution in [3.8, 4) is 10.4 Å². The van der Waals surface area contributed by atoms with Crippen molar-refractivity contribution >= 4 is 55.7 Å². The third-order valence-corrected chi connectivity index (χ3v) is 6.98. The molecule has 0 aliphatic heterocycles. The number of amides is 1. The van der Waals surface area contributed by atoms with E-state index < -0.39 is 33.9 Å². The number of halogens is 5. The average molecular weight is 553 g/mol. The van der Waals surface area contributed by atoms with E-state index in [2.05, 4.69) is 19.5 Å². The Morgan fingerprint density at radius 3 is 2.40 bits per heavy atom. The third kappa shape index (κ3) is 6.04. The number of benzene rings is 1. The number of carbonyl (C=O) groups excluding carboxylic acids is 2. The normalized spacial score (nSPS) is 11.7. The number of hydrogen-bond donors (Lipinski definition) is 1. The number of rotatable bonds is 5. The predicted octanol–water partition coefficient (Wildman–Crippen LogP) is 4.48. The Hall–Kier alpha value is -3.30. The van der Waals surface area contributed by atoms with E-state index in [-0.39, 0.29) is 42.1 Å². The average Bonchev–Trinajstić information content (AvgIpc) is 3.13. The van der Waals surface area contributed by atoms with Crippen LogP contribution in [0.1, 0.15) is 12.6 Å². The van der Waals surface area contributed by atoms with Crippen LogP contribution in [-0.2, 0) is 24.4 Å². The summed E-state index contributed by atoms with van der Waals surface area (Å²) in [6, 6.07) is 5.28. The topological polar surface area (TPSA) is 119 Å². The maximum absolute atomic E-state index is 13.1. The molecule has 0 atom stereocenters. The molecule has 0 fully saturated rings. The van der Waals surface area contributed by atoms with Crippen LogP contribution in [0.4, 0.5) is 28.4 Å². The van der Waals surface area contributed by atoms with Crippen molar-refractivity contribution in [2.24, 2.45) is 0 Å². The number of hydroxylamine groups is 1. The van der Waals surface area contributed by atoms with Gasteiger partial charge in [0.15, 0.2) is 5.15 Å². The minimum absolute atomic E-state index is 0.0957. The highest BCUT2D eigenvalue weighted by molar-refractivity contribution is 7.92. The molecule has 3 aromatic rings. The second kappa shape index (κ2) is 9.75. The molecule has 0 saturated heterocycles. The smallest absolute Gasteiger partial charge is 0.322 e. The fourth-order valence-electron chi connectivity index (χ4n) is 2.57. The Morgan fingerprint density at radius 2 is 1.83 bits per heavy atom. The van der Waals surface area contributed by atoms with Crippen molar-refractivity contribution in [1.82, 2.24) is 9.97 Å². The van der Waals surface area contributed by atoms with E-state index in [0.717, 1.165) is 31.2 Å². The van der Waals surface area contributed by atoms with Crippen LogP contribution >= 0.6 is 22.9 Å². The van der Waals surface area contributed by atoms with Gasteiger partial charge in [0.1, 0.15) is 5.82 Å². The minimum atomic E-state index is -5.35. The summed E-state index contributed by atoms with van der Waals surface area (Å²) >= 11 is 6.69. The molecule has 35 heavy (non-hydrogen) atoms. The lowest BCUT2D eigenvalue weighted by molar-refractivity contribution is -0.201. The minimum Gasteiger partial charge on any atom is -0.322 e. The molecule has 1 N–H and O–H groups in total. The van der Waals surface area contributed by atoms with Crippen LogP contribution in [0.25, 0.3) is 10.4 Å². The van der Waals surface area contributed by atoms with Crippen LogP contribution < -0.4 is 9.79 Å². The number of nitrogens with one attached hydrogen (secondary N) is 1. The maximum atomic E-state index is 13.1. The van der Waals surface area contributed by atoms with Crippen molar-refractivity contribution in [1.29, 1.82) is 0 Å². The summed E-state index contributed by atoms with van der Waals surface area (Å²) in [5.74, 6) is -4.31. The number of alkyl halides is 3. The highest BCUT2D eigenvalue weighted by Gasteiger charge is 2.44. The summed E-state index contributed by atoms with van der Waals surface area (Å²) < 4.78 is 78.3. The SMILES string of the molecule is CC(=O)N(OC(=O)C(F)(F)F)c1nc(C)c(-c2cnc(Cl)c(NS(=O)(=O)c3ccc(F)cc3)c2)s1. The molecule has 0 unspecified atom stereocenters. The summed E-state index contributed by atoms with van der Waals surface area (Å²) in [4.78, 5) is 35.0. The molecule has 0 radical (unpaired) electrons. The van der Waals surface area contributed by atoms with Crippen LogP contribution in [0.2, 0.25) is 5.15 Å². The summed E-state index contributed by atoms with van der Waals surface area (Å²) in [7, 11) is -4.18. The molecule has 0 aliphatic rings. The molecular formula is C19H13ClF4N4O5S2. The molecule has 2 heterocycles. The number of sulfonamides is 1. The first kappa shape index (κ1) is 26.3. The van der Waals surface area contributed by atoms with Crippen molar-refractivity contribution in [2.45, 2.75) is 24.9 Å². The van der Waals surface area contributed by atoms with Gasteiger partial charge in [-0.2, -0.15) is 13.2 Å². The van der Waals surface area contributed by atoms with E-state index in [1.807, 2.05) is 0 Å². The van der Waals surface area contributed by atoms with Crippen molar-refractivity contribution in [2.75, 3.05) is 9.79 Å². The second-order valence-corrected chi connectivity index (χ2v) is 9.74. The van der Waals surface area contributed by atoms with E-state index in [9.17, 15) is 35.6 Å². The van der Waals surface area contributed by atoms with Crippen molar-refractivity contribution < 1.29 is 40.4 Å². The largest absolute Gasteiger partial charge is 0.493 e. The molecule has 3 rings (SSSR count). The zero-order chi connectivity index (χ0) is 26.1. The zero-order valence-corrected chi connectivity index (χ0v) is 19.9. The monoisotopic (exact) mass is 552 g/mol. The molecule has 2 aromatic heterocycles. The molecule has 186 valence electrons. The number of aryl methyl sites for hydroxylation is 1. The second-order valence-electron chi connectivity index (χ2n) is 6.72. The quantitative estimate of drug-likeness (QED) is 0.282. The fraction of sp³-hybridized carbons (Fsp3) is 0.158. The highest BCUT2D eigenvalue weighted by atomic mass is 35.5. The molecule has 1 amide bonds. The Labute approximate surface area is 204 Å². The van der Waals surface area contributed by atoms with Gasteiger partial charge < -0.3 is 4.84 Å². The summed E-state index contributed by atoms with van der Waals surface area (Å²) in [5.41, 5.74) is 0.281. The van der Waals surface area contributed by atoms with Gasteiger partial charge in [-0.3, -0.25) is 9.52 Å². The lowest BCUT2D eigenvalue weighted by Crippen LogP contribution is -2.37. The van der Waals surface area contributed by atoms with Crippen LogP contribution in [0.5, 0.6) is 0 Å². The van der Waals surface area contributed by atoms with Gasteiger partial charge >= 0.3 is 12.1 Å². The fourth-order valence-corrected chi connectivity index (χ4v) is 4.87. The van der Waals surface area contributed by atoms with Gasteiger partial charge in [0.2, 0.25) is 5.13 Å². The van der Waals surface area contributed by atoms with Gasteiger partial charge in [-0.25, -0.2) is 27.6 Å². The van der Waals surface area contributed by atoms with Gasteiger partial charge in [0.25, 0.3) is 15.9 Å². The van der Waals surface area contributed by atoms with Crippen LogP contribution in [0.15, 0.2) is 41.4 Å². The molecule has 0 aliphatic carbocycles. The summed E-state index contributed by atoms with van der Waals surface area (Å²) in [6.07, 6.45) is -4.11. The van der Waals surface area contributed by atoms with E-state index in [4.69, 9.17) is 11.6 Å². The number of anilines is 2. The molecule has 16 heteroatoms. The van der Waals surface area contributed by atoms with E-state index in [0.29, 0.717) is 11.3 Å². The number of hydrogen-bond acceptors (Lipinski definition) is 8.